The van der Waals surface area contributed by atoms with Gasteiger partial charge in [0.25, 0.3) is 0 Å². The quantitative estimate of drug-likeness (QED) is 0.904. The summed E-state index contributed by atoms with van der Waals surface area (Å²) in [4.78, 5) is 16.7. The smallest absolute Gasteiger partial charge is 0.422 e. The molecule has 2 atom stereocenters. The standard InChI is InChI=1S/C17H22F3N3O2/c1-22-7-6-15-12(10-22)5-8-23(15)16(24)21-13-3-2-4-14(9-13)25-11-17(18,19)20/h2-4,9,12,15H,5-8,10-11H2,1H3,(H,21,24). The van der Waals surface area contributed by atoms with E-state index in [1.165, 1.54) is 12.1 Å². The van der Waals surface area contributed by atoms with Crippen LogP contribution in [0.1, 0.15) is 12.8 Å². The Kier molecular flexibility index (Phi) is 5.08. The molecule has 1 N–H and O–H groups in total. The number of amides is 2. The maximum Gasteiger partial charge on any atom is 0.422 e. The van der Waals surface area contributed by atoms with E-state index in [0.29, 0.717) is 18.2 Å². The number of likely N-dealkylation sites (tertiary alicyclic amines) is 2. The third-order valence-corrected chi connectivity index (χ3v) is 4.79. The zero-order chi connectivity index (χ0) is 18.0. The summed E-state index contributed by atoms with van der Waals surface area (Å²) in [5.41, 5.74) is 0.432. The predicted molar refractivity (Wildman–Crippen MR) is 87.7 cm³/mol. The minimum Gasteiger partial charge on any atom is -0.484 e. The summed E-state index contributed by atoms with van der Waals surface area (Å²) >= 11 is 0. The maximum absolute atomic E-state index is 12.6. The lowest BCUT2D eigenvalue weighted by atomic mass is 9.93. The highest BCUT2D eigenvalue weighted by atomic mass is 19.4. The van der Waals surface area contributed by atoms with Crippen molar-refractivity contribution in [3.8, 4) is 5.75 Å². The van der Waals surface area contributed by atoms with Crippen LogP contribution in [-0.2, 0) is 0 Å². The van der Waals surface area contributed by atoms with Gasteiger partial charge in [-0.05, 0) is 44.5 Å². The molecule has 138 valence electrons. The average Bonchev–Trinajstić information content (AvgIpc) is 2.95. The number of carbonyl (C=O) groups is 1. The Labute approximate surface area is 144 Å². The molecule has 0 aromatic heterocycles. The van der Waals surface area contributed by atoms with Gasteiger partial charge in [-0.2, -0.15) is 13.2 Å². The van der Waals surface area contributed by atoms with E-state index in [1.54, 1.807) is 12.1 Å². The van der Waals surface area contributed by atoms with Crippen LogP contribution in [0.3, 0.4) is 0 Å². The summed E-state index contributed by atoms with van der Waals surface area (Å²) in [5.74, 6) is 0.569. The zero-order valence-electron chi connectivity index (χ0n) is 14.1. The van der Waals surface area contributed by atoms with Gasteiger partial charge in [0.05, 0.1) is 0 Å². The van der Waals surface area contributed by atoms with Crippen molar-refractivity contribution < 1.29 is 22.7 Å². The summed E-state index contributed by atoms with van der Waals surface area (Å²) in [5, 5.41) is 2.78. The molecule has 0 saturated carbocycles. The number of hydrogen-bond donors (Lipinski definition) is 1. The fourth-order valence-corrected chi connectivity index (χ4v) is 3.64. The molecule has 2 aliphatic rings. The van der Waals surface area contributed by atoms with Crippen molar-refractivity contribution in [3.63, 3.8) is 0 Å². The number of halogens is 3. The molecule has 0 spiro atoms. The molecular weight excluding hydrogens is 335 g/mol. The van der Waals surface area contributed by atoms with Crippen molar-refractivity contribution in [2.24, 2.45) is 5.92 Å². The molecule has 0 bridgehead atoms. The fraction of sp³-hybridized carbons (Fsp3) is 0.588. The van der Waals surface area contributed by atoms with E-state index in [1.807, 2.05) is 4.90 Å². The third kappa shape index (κ3) is 4.56. The van der Waals surface area contributed by atoms with Gasteiger partial charge in [-0.3, -0.25) is 0 Å². The number of piperidine rings is 1. The topological polar surface area (TPSA) is 44.8 Å². The van der Waals surface area contributed by atoms with Crippen LogP contribution in [0.15, 0.2) is 24.3 Å². The number of ether oxygens (including phenoxy) is 1. The first-order valence-corrected chi connectivity index (χ1v) is 8.37. The molecule has 8 heteroatoms. The highest BCUT2D eigenvalue weighted by Gasteiger charge is 2.39. The number of fused-ring (bicyclic) bond motifs is 1. The molecule has 2 unspecified atom stereocenters. The first-order chi connectivity index (χ1) is 11.8. The Morgan fingerprint density at radius 3 is 2.88 bits per heavy atom. The Hall–Kier alpha value is -1.96. The van der Waals surface area contributed by atoms with E-state index in [4.69, 9.17) is 4.74 Å². The van der Waals surface area contributed by atoms with Gasteiger partial charge in [0.2, 0.25) is 0 Å². The number of nitrogens with one attached hydrogen (secondary N) is 1. The number of benzene rings is 1. The van der Waals surface area contributed by atoms with Gasteiger partial charge >= 0.3 is 12.2 Å². The van der Waals surface area contributed by atoms with Crippen molar-refractivity contribution in [1.29, 1.82) is 0 Å². The summed E-state index contributed by atoms with van der Waals surface area (Å²) in [6, 6.07) is 6.08. The highest BCUT2D eigenvalue weighted by molar-refractivity contribution is 5.90. The van der Waals surface area contributed by atoms with Crippen LogP contribution in [0, 0.1) is 5.92 Å². The third-order valence-electron chi connectivity index (χ3n) is 4.79. The van der Waals surface area contributed by atoms with Crippen LogP contribution in [0.4, 0.5) is 23.7 Å². The summed E-state index contributed by atoms with van der Waals surface area (Å²) < 4.78 is 41.4. The second-order valence-electron chi connectivity index (χ2n) is 6.72. The number of alkyl halides is 3. The molecule has 0 radical (unpaired) electrons. The molecule has 2 amide bonds. The van der Waals surface area contributed by atoms with Crippen LogP contribution in [0.25, 0.3) is 0 Å². The normalized spacial score (nSPS) is 24.1. The van der Waals surface area contributed by atoms with Gasteiger partial charge < -0.3 is 19.9 Å². The molecule has 2 aliphatic heterocycles. The van der Waals surface area contributed by atoms with Crippen LogP contribution >= 0.6 is 0 Å². The van der Waals surface area contributed by atoms with E-state index in [0.717, 1.165) is 25.9 Å². The second-order valence-corrected chi connectivity index (χ2v) is 6.72. The lowest BCUT2D eigenvalue weighted by Crippen LogP contribution is -2.47. The molecule has 1 aromatic rings. The Bertz CT molecular complexity index is 623. The lowest BCUT2D eigenvalue weighted by molar-refractivity contribution is -0.153. The van der Waals surface area contributed by atoms with Gasteiger partial charge in [0, 0.05) is 30.9 Å². The molecule has 2 fully saturated rings. The SMILES string of the molecule is CN1CCC2C(CCN2C(=O)Nc2cccc(OCC(F)(F)F)c2)C1. The monoisotopic (exact) mass is 357 g/mol. The minimum atomic E-state index is -4.39. The summed E-state index contributed by atoms with van der Waals surface area (Å²) in [6.45, 7) is 1.31. The van der Waals surface area contributed by atoms with Gasteiger partial charge in [-0.1, -0.05) is 6.07 Å². The maximum atomic E-state index is 12.6. The zero-order valence-corrected chi connectivity index (χ0v) is 14.1. The Morgan fingerprint density at radius 2 is 2.12 bits per heavy atom. The molecular formula is C17H22F3N3O2. The molecule has 2 saturated heterocycles. The number of rotatable bonds is 3. The number of hydrogen-bond acceptors (Lipinski definition) is 3. The van der Waals surface area contributed by atoms with Crippen molar-refractivity contribution in [2.75, 3.05) is 38.6 Å². The minimum absolute atomic E-state index is 0.0775. The van der Waals surface area contributed by atoms with Crippen molar-refractivity contribution in [2.45, 2.75) is 25.1 Å². The molecule has 3 rings (SSSR count). The number of anilines is 1. The number of urea groups is 1. The predicted octanol–water partition coefficient (Wildman–Crippen LogP) is 3.19. The van der Waals surface area contributed by atoms with Crippen LogP contribution in [0.5, 0.6) is 5.75 Å². The lowest BCUT2D eigenvalue weighted by Gasteiger charge is -2.36. The van der Waals surface area contributed by atoms with Gasteiger partial charge in [0.1, 0.15) is 5.75 Å². The van der Waals surface area contributed by atoms with Crippen molar-refractivity contribution >= 4 is 11.7 Å². The van der Waals surface area contributed by atoms with Gasteiger partial charge in [0.15, 0.2) is 6.61 Å². The molecule has 1 aromatic carbocycles. The van der Waals surface area contributed by atoms with E-state index in [2.05, 4.69) is 17.3 Å². The van der Waals surface area contributed by atoms with Gasteiger partial charge in [-0.25, -0.2) is 4.79 Å². The second kappa shape index (κ2) is 7.11. The van der Waals surface area contributed by atoms with Crippen LogP contribution < -0.4 is 10.1 Å². The first kappa shape index (κ1) is 17.8. The van der Waals surface area contributed by atoms with Crippen LogP contribution in [-0.4, -0.2) is 61.3 Å². The number of carbonyl (C=O) groups excluding carboxylic acids is 1. The van der Waals surface area contributed by atoms with E-state index < -0.39 is 12.8 Å². The van der Waals surface area contributed by atoms with E-state index in [-0.39, 0.29) is 17.8 Å². The summed E-state index contributed by atoms with van der Waals surface area (Å²) in [6.07, 6.45) is -2.46. The van der Waals surface area contributed by atoms with E-state index >= 15 is 0 Å². The van der Waals surface area contributed by atoms with Crippen molar-refractivity contribution in [1.82, 2.24) is 9.80 Å². The Balaban J connectivity index is 1.60. The van der Waals surface area contributed by atoms with Crippen molar-refractivity contribution in [3.05, 3.63) is 24.3 Å². The first-order valence-electron chi connectivity index (χ1n) is 8.37. The Morgan fingerprint density at radius 1 is 1.32 bits per heavy atom. The molecule has 25 heavy (non-hydrogen) atoms. The number of nitrogens with zero attached hydrogens (tertiary/aromatic N) is 2. The van der Waals surface area contributed by atoms with Gasteiger partial charge in [-0.15, -0.1) is 0 Å². The average molecular weight is 357 g/mol. The summed E-state index contributed by atoms with van der Waals surface area (Å²) in [7, 11) is 2.09. The largest absolute Gasteiger partial charge is 0.484 e. The molecule has 0 aliphatic carbocycles. The van der Waals surface area contributed by atoms with Crippen LogP contribution in [0.2, 0.25) is 0 Å². The molecule has 2 heterocycles. The fourth-order valence-electron chi connectivity index (χ4n) is 3.64. The van der Waals surface area contributed by atoms with E-state index in [9.17, 15) is 18.0 Å². The highest BCUT2D eigenvalue weighted by Crippen LogP contribution is 2.31. The molecule has 5 nitrogen and oxygen atoms in total.